The molecule has 0 amide bonds. The molecular formula is C45H28B2N4O7. The van der Waals surface area contributed by atoms with Gasteiger partial charge < -0.3 is 39.5 Å². The summed E-state index contributed by atoms with van der Waals surface area (Å²) >= 11 is 0. The van der Waals surface area contributed by atoms with Crippen LogP contribution in [0.4, 0.5) is 0 Å². The molecule has 0 aliphatic carbocycles. The fourth-order valence-corrected chi connectivity index (χ4v) is 8.64. The van der Waals surface area contributed by atoms with Gasteiger partial charge in [0.25, 0.3) is 0 Å². The molecule has 58 heavy (non-hydrogen) atoms. The molecule has 4 heterocycles. The van der Waals surface area contributed by atoms with Crippen molar-refractivity contribution in [2.24, 2.45) is 0 Å². The average Bonchev–Trinajstić information content (AvgIpc) is 3.93. The van der Waals surface area contributed by atoms with E-state index in [9.17, 15) is 30.6 Å². The van der Waals surface area contributed by atoms with E-state index < -0.39 is 17.2 Å². The summed E-state index contributed by atoms with van der Waals surface area (Å²) in [7, 11) is 3.26. The van der Waals surface area contributed by atoms with E-state index >= 15 is 0 Å². The van der Waals surface area contributed by atoms with Crippen molar-refractivity contribution in [3.8, 4) is 79.8 Å². The highest BCUT2D eigenvalue weighted by Gasteiger charge is 2.34. The van der Waals surface area contributed by atoms with Gasteiger partial charge in [-0.05, 0) is 28.6 Å². The van der Waals surface area contributed by atoms with Crippen LogP contribution in [0, 0.1) is 0 Å². The molecule has 0 saturated heterocycles. The Hall–Kier alpha value is -7.92. The van der Waals surface area contributed by atoms with E-state index in [0.29, 0.717) is 72.2 Å². The molecule has 0 fully saturated rings. The molecule has 7 aromatic carbocycles. The van der Waals surface area contributed by atoms with Gasteiger partial charge in [-0.3, -0.25) is 0 Å². The van der Waals surface area contributed by atoms with Crippen molar-refractivity contribution in [1.29, 1.82) is 0 Å². The molecule has 0 bridgehead atoms. The number of hydrogen-bond donors (Lipinski definition) is 6. The van der Waals surface area contributed by atoms with Gasteiger partial charge in [0.05, 0.1) is 43.5 Å². The molecule has 6 N–H and O–H groups in total. The third kappa shape index (κ3) is 4.32. The molecule has 276 valence electrons. The van der Waals surface area contributed by atoms with Crippen LogP contribution in [0.2, 0.25) is 0 Å². The van der Waals surface area contributed by atoms with Gasteiger partial charge in [0, 0.05) is 22.1 Å². The second kappa shape index (κ2) is 11.8. The standard InChI is InChI=1S/C45H28B2N4O7/c46-31-34-29(38(54)32(47)40(31)56)30-33-27(37(53)26-23-16-7-8-17-24(23)58-42(26)30)28-35(51(33)34)41(57)39(55)25(36(28)52)21-14-9-15-22(18-21)45-49-43(19-10-3-1-4-11-19)48-44(50-45)20-12-5-2-6-13-20/h1-18,52-57H,46-47H2. The van der Waals surface area contributed by atoms with Crippen LogP contribution in [-0.4, -0.2) is 65.7 Å². The Morgan fingerprint density at radius 1 is 0.431 bits per heavy atom. The lowest BCUT2D eigenvalue weighted by Gasteiger charge is -2.15. The van der Waals surface area contributed by atoms with Crippen LogP contribution in [0.15, 0.2) is 114 Å². The Labute approximate surface area is 329 Å². The summed E-state index contributed by atoms with van der Waals surface area (Å²) in [6.45, 7) is 0. The van der Waals surface area contributed by atoms with Gasteiger partial charge in [0.2, 0.25) is 0 Å². The smallest absolute Gasteiger partial charge is 0.183 e. The highest BCUT2D eigenvalue weighted by molar-refractivity contribution is 6.51. The van der Waals surface area contributed by atoms with Crippen LogP contribution >= 0.6 is 0 Å². The van der Waals surface area contributed by atoms with Crippen LogP contribution < -0.4 is 10.9 Å². The number of furan rings is 1. The number of nitrogens with zero attached hydrogens (tertiary/aromatic N) is 4. The van der Waals surface area contributed by atoms with E-state index in [1.54, 1.807) is 56.5 Å². The third-order valence-electron chi connectivity index (χ3n) is 11.3. The molecule has 0 aliphatic rings. The van der Waals surface area contributed by atoms with Crippen molar-refractivity contribution in [2.45, 2.75) is 0 Å². The minimum absolute atomic E-state index is 0.0409. The van der Waals surface area contributed by atoms with Crippen molar-refractivity contribution in [1.82, 2.24) is 19.4 Å². The highest BCUT2D eigenvalue weighted by atomic mass is 16.3. The Kier molecular flexibility index (Phi) is 6.80. The summed E-state index contributed by atoms with van der Waals surface area (Å²) in [5.74, 6) is -1.03. The minimum atomic E-state index is -0.631. The lowest BCUT2D eigenvalue weighted by molar-refractivity contribution is 0.403. The normalized spacial score (nSPS) is 12.0. The van der Waals surface area contributed by atoms with Crippen LogP contribution in [0.25, 0.3) is 105 Å². The van der Waals surface area contributed by atoms with Gasteiger partial charge >= 0.3 is 0 Å². The van der Waals surface area contributed by atoms with Gasteiger partial charge in [-0.25, -0.2) is 15.0 Å². The van der Waals surface area contributed by atoms with Gasteiger partial charge in [-0.2, -0.15) is 0 Å². The maximum absolute atomic E-state index is 12.5. The number of hydrogen-bond acceptors (Lipinski definition) is 10. The van der Waals surface area contributed by atoms with Gasteiger partial charge in [0.1, 0.15) is 55.4 Å². The van der Waals surface area contributed by atoms with E-state index in [1.165, 1.54) is 0 Å². The van der Waals surface area contributed by atoms with Crippen LogP contribution in [0.1, 0.15) is 0 Å². The molecule has 13 heteroatoms. The molecule has 0 saturated carbocycles. The second-order valence-corrected chi connectivity index (χ2v) is 14.5. The Morgan fingerprint density at radius 2 is 0.983 bits per heavy atom. The lowest BCUT2D eigenvalue weighted by Crippen LogP contribution is -2.17. The number of fused-ring (bicyclic) bond motifs is 10. The number of phenols is 6. The van der Waals surface area contributed by atoms with Crippen molar-refractivity contribution in [3.05, 3.63) is 109 Å². The molecule has 11 aromatic rings. The zero-order valence-electron chi connectivity index (χ0n) is 30.8. The summed E-state index contributed by atoms with van der Waals surface area (Å²) in [4.78, 5) is 14.5. The number of phenolic OH excluding ortho intramolecular Hbond substituents is 6. The first-order valence-corrected chi connectivity index (χ1v) is 18.5. The van der Waals surface area contributed by atoms with E-state index in [1.807, 2.05) is 72.8 Å². The van der Waals surface area contributed by atoms with Crippen LogP contribution in [-0.2, 0) is 0 Å². The number of aromatic nitrogens is 4. The quantitative estimate of drug-likeness (QED) is 0.0675. The molecular weight excluding hydrogens is 730 g/mol. The summed E-state index contributed by atoms with van der Waals surface area (Å²) in [5, 5.41) is 73.5. The van der Waals surface area contributed by atoms with Crippen molar-refractivity contribution in [3.63, 3.8) is 0 Å². The third-order valence-corrected chi connectivity index (χ3v) is 11.3. The SMILES string of the molecule is Bc1c(O)c(B)c2c(c1O)c1c3oc4ccccc4c3c(O)c3c4c(O)c(-c5cccc(-c6nc(-c7ccccc7)nc(-c7ccccc7)n6)c5)c(O)c(O)c4n2c31. The zero-order valence-corrected chi connectivity index (χ0v) is 30.8. The average molecular weight is 758 g/mol. The van der Waals surface area contributed by atoms with Crippen molar-refractivity contribution in [2.75, 3.05) is 0 Å². The Morgan fingerprint density at radius 3 is 1.66 bits per heavy atom. The molecule has 0 atom stereocenters. The summed E-state index contributed by atoms with van der Waals surface area (Å²) < 4.78 is 7.93. The molecule has 0 spiro atoms. The molecule has 11 nitrogen and oxygen atoms in total. The van der Waals surface area contributed by atoms with Gasteiger partial charge in [-0.1, -0.05) is 97.1 Å². The summed E-state index contributed by atoms with van der Waals surface area (Å²) in [6, 6.07) is 33.2. The zero-order chi connectivity index (χ0) is 39.7. The first kappa shape index (κ1) is 33.4. The summed E-state index contributed by atoms with van der Waals surface area (Å²) in [6.07, 6.45) is 0. The van der Waals surface area contributed by atoms with E-state index in [2.05, 4.69) is 0 Å². The number of benzene rings is 7. The van der Waals surface area contributed by atoms with Gasteiger partial charge in [-0.15, -0.1) is 0 Å². The van der Waals surface area contributed by atoms with Gasteiger partial charge in [0.15, 0.2) is 29.0 Å². The first-order valence-electron chi connectivity index (χ1n) is 18.5. The van der Waals surface area contributed by atoms with Crippen LogP contribution in [0.5, 0.6) is 34.5 Å². The Bertz CT molecular complexity index is 3490. The molecule has 0 unspecified atom stereocenters. The fraction of sp³-hybridized carbons (Fsp3) is 0. The molecule has 11 rings (SSSR count). The van der Waals surface area contributed by atoms with E-state index in [4.69, 9.17) is 19.4 Å². The predicted octanol–water partition coefficient (Wildman–Crippen LogP) is 6.34. The molecule has 0 aliphatic heterocycles. The van der Waals surface area contributed by atoms with E-state index in [0.717, 1.165) is 11.1 Å². The maximum Gasteiger partial charge on any atom is 0.183 e. The highest BCUT2D eigenvalue weighted by Crippen LogP contribution is 2.58. The predicted molar refractivity (Wildman–Crippen MR) is 230 cm³/mol. The van der Waals surface area contributed by atoms with Crippen molar-refractivity contribution >= 4 is 86.7 Å². The fourth-order valence-electron chi connectivity index (χ4n) is 8.64. The maximum atomic E-state index is 12.5. The Balaban J connectivity index is 1.23. The van der Waals surface area contributed by atoms with Crippen molar-refractivity contribution < 1.29 is 35.1 Å². The lowest BCUT2D eigenvalue weighted by atomic mass is 9.82. The van der Waals surface area contributed by atoms with Crippen LogP contribution in [0.3, 0.4) is 0 Å². The topological polar surface area (TPSA) is 178 Å². The minimum Gasteiger partial charge on any atom is -0.509 e. The number of rotatable bonds is 4. The largest absolute Gasteiger partial charge is 0.509 e. The number of aromatic hydroxyl groups is 6. The number of para-hydroxylation sites is 1. The van der Waals surface area contributed by atoms with E-state index in [-0.39, 0.29) is 50.1 Å². The summed E-state index contributed by atoms with van der Waals surface area (Å²) in [5.41, 5.74) is 4.25. The second-order valence-electron chi connectivity index (χ2n) is 14.5. The first-order chi connectivity index (χ1) is 28.1. The molecule has 4 aromatic heterocycles. The molecule has 0 radical (unpaired) electrons. The monoisotopic (exact) mass is 758 g/mol.